The van der Waals surface area contributed by atoms with Gasteiger partial charge in [-0.3, -0.25) is 9.11 Å². The van der Waals surface area contributed by atoms with Gasteiger partial charge in [0.05, 0.1) is 11.1 Å². The molecule has 2 aromatic heterocycles. The van der Waals surface area contributed by atoms with Crippen LogP contribution in [0.1, 0.15) is 33.4 Å². The van der Waals surface area contributed by atoms with E-state index in [1.807, 2.05) is 12.1 Å². The first-order chi connectivity index (χ1) is 18.4. The molecule has 208 valence electrons. The van der Waals surface area contributed by atoms with Crippen molar-refractivity contribution in [3.63, 3.8) is 0 Å². The van der Waals surface area contributed by atoms with Gasteiger partial charge in [0, 0.05) is 35.0 Å². The Morgan fingerprint density at radius 3 is 1.41 bits per heavy atom. The molecule has 12 nitrogen and oxygen atoms in total. The normalized spacial score (nSPS) is 14.5. The van der Waals surface area contributed by atoms with Crippen molar-refractivity contribution in [2.75, 3.05) is 13.1 Å². The number of hydrogen-bond acceptors (Lipinski definition) is 10. The Kier molecular flexibility index (Phi) is 8.09. The predicted octanol–water partition coefficient (Wildman–Crippen LogP) is 2.25. The maximum Gasteiger partial charge on any atom is 0.394 e. The molecule has 0 amide bonds. The number of rotatable bonds is 0. The Labute approximate surface area is 222 Å². The van der Waals surface area contributed by atoms with Crippen LogP contribution in [0.5, 0.6) is 11.5 Å². The van der Waals surface area contributed by atoms with Gasteiger partial charge in [-0.15, -0.1) is 0 Å². The van der Waals surface area contributed by atoms with Gasteiger partial charge in [0.2, 0.25) is 0 Å². The summed E-state index contributed by atoms with van der Waals surface area (Å²) in [5, 5.41) is 27.5. The van der Waals surface area contributed by atoms with Crippen LogP contribution in [0.3, 0.4) is 0 Å². The first-order valence-corrected chi connectivity index (χ1v) is 13.4. The lowest BCUT2D eigenvalue weighted by molar-refractivity contribution is 0.381. The summed E-state index contributed by atoms with van der Waals surface area (Å²) in [6.45, 7) is 6.38. The van der Waals surface area contributed by atoms with Gasteiger partial charge < -0.3 is 29.7 Å². The third kappa shape index (κ3) is 6.13. The lowest BCUT2D eigenvalue weighted by Crippen LogP contribution is -2.29. The highest BCUT2D eigenvalue weighted by atomic mass is 32.3. The number of aryl methyl sites for hydroxylation is 2. The SMILES string of the molecule is Cc1c(O)ccc2c3c(c(=O)oc12)CNCC3.Cc1c(O)ccc2c3c(c(=O)oc12)CNCC3.O=S(=O)(O)O. The van der Waals surface area contributed by atoms with Crippen LogP contribution in [0.25, 0.3) is 21.9 Å². The molecule has 0 bridgehead atoms. The molecule has 6 N–H and O–H groups in total. The second kappa shape index (κ2) is 11.2. The minimum absolute atomic E-state index is 0.162. The van der Waals surface area contributed by atoms with E-state index in [-0.39, 0.29) is 22.8 Å². The fraction of sp³-hybridized carbons (Fsp3) is 0.308. The fourth-order valence-electron chi connectivity index (χ4n) is 4.76. The maximum absolute atomic E-state index is 11.9. The molecular formula is C26H28N2O10S. The number of benzene rings is 2. The Morgan fingerprint density at radius 2 is 1.05 bits per heavy atom. The van der Waals surface area contributed by atoms with E-state index in [9.17, 15) is 19.8 Å². The highest BCUT2D eigenvalue weighted by molar-refractivity contribution is 7.79. The van der Waals surface area contributed by atoms with Crippen molar-refractivity contribution in [2.45, 2.75) is 39.8 Å². The molecule has 0 unspecified atom stereocenters. The molecule has 0 fully saturated rings. The third-order valence-corrected chi connectivity index (χ3v) is 6.72. The van der Waals surface area contributed by atoms with Crippen molar-refractivity contribution in [3.8, 4) is 11.5 Å². The average Bonchev–Trinajstić information content (AvgIpc) is 2.89. The molecule has 4 heterocycles. The highest BCUT2D eigenvalue weighted by Gasteiger charge is 2.20. The van der Waals surface area contributed by atoms with Crippen LogP contribution in [0, 0.1) is 13.8 Å². The second-order valence-corrected chi connectivity index (χ2v) is 10.1. The lowest BCUT2D eigenvalue weighted by atomic mass is 9.97. The van der Waals surface area contributed by atoms with E-state index in [2.05, 4.69) is 10.6 Å². The first kappa shape index (κ1) is 28.3. The zero-order chi connectivity index (χ0) is 28.5. The molecule has 13 heteroatoms. The molecule has 0 spiro atoms. The molecular weight excluding hydrogens is 532 g/mol. The minimum Gasteiger partial charge on any atom is -0.508 e. The summed E-state index contributed by atoms with van der Waals surface area (Å²) < 4.78 is 42.2. The van der Waals surface area contributed by atoms with E-state index in [0.717, 1.165) is 47.8 Å². The van der Waals surface area contributed by atoms with E-state index in [0.29, 0.717) is 46.5 Å². The Morgan fingerprint density at radius 1 is 0.692 bits per heavy atom. The van der Waals surface area contributed by atoms with E-state index in [1.165, 1.54) is 0 Å². The van der Waals surface area contributed by atoms with Crippen LogP contribution in [-0.2, 0) is 36.3 Å². The quantitative estimate of drug-likeness (QED) is 0.136. The molecule has 2 aliphatic rings. The van der Waals surface area contributed by atoms with Crippen molar-refractivity contribution < 1.29 is 36.6 Å². The van der Waals surface area contributed by atoms with Crippen LogP contribution in [0.2, 0.25) is 0 Å². The number of phenols is 2. The number of aromatic hydroxyl groups is 2. The van der Waals surface area contributed by atoms with E-state index < -0.39 is 10.4 Å². The first-order valence-electron chi connectivity index (χ1n) is 12.0. The summed E-state index contributed by atoms with van der Waals surface area (Å²) in [5.41, 5.74) is 5.22. The van der Waals surface area contributed by atoms with Gasteiger partial charge in [0.25, 0.3) is 0 Å². The van der Waals surface area contributed by atoms with Crippen molar-refractivity contribution in [1.29, 1.82) is 0 Å². The molecule has 4 aromatic rings. The Balaban J connectivity index is 0.000000155. The summed E-state index contributed by atoms with van der Waals surface area (Å²) in [5.74, 6) is 0.323. The molecule has 6 rings (SSSR count). The number of hydrogen-bond donors (Lipinski definition) is 6. The van der Waals surface area contributed by atoms with Gasteiger partial charge in [-0.05, 0) is 75.2 Å². The highest BCUT2D eigenvalue weighted by Crippen LogP contribution is 2.31. The topological polar surface area (TPSA) is 200 Å². The molecule has 2 aromatic carbocycles. The van der Waals surface area contributed by atoms with E-state index >= 15 is 0 Å². The van der Waals surface area contributed by atoms with Gasteiger partial charge in [-0.1, -0.05) is 0 Å². The van der Waals surface area contributed by atoms with Crippen LogP contribution in [0.15, 0.2) is 42.7 Å². The van der Waals surface area contributed by atoms with Crippen molar-refractivity contribution in [1.82, 2.24) is 10.6 Å². The summed E-state index contributed by atoms with van der Waals surface area (Å²) in [6.07, 6.45) is 1.64. The summed E-state index contributed by atoms with van der Waals surface area (Å²) >= 11 is 0. The fourth-order valence-corrected chi connectivity index (χ4v) is 4.76. The molecule has 2 aliphatic heterocycles. The summed E-state index contributed by atoms with van der Waals surface area (Å²) in [4.78, 5) is 23.7. The van der Waals surface area contributed by atoms with Crippen molar-refractivity contribution in [3.05, 3.63) is 78.5 Å². The Bertz CT molecular complexity index is 1670. The van der Waals surface area contributed by atoms with Gasteiger partial charge in [-0.2, -0.15) is 8.42 Å². The Hall–Kier alpha value is -3.75. The zero-order valence-electron chi connectivity index (χ0n) is 21.2. The number of nitrogens with one attached hydrogen (secondary N) is 2. The van der Waals surface area contributed by atoms with Crippen LogP contribution < -0.4 is 21.9 Å². The monoisotopic (exact) mass is 560 g/mol. The zero-order valence-corrected chi connectivity index (χ0v) is 22.0. The molecule has 39 heavy (non-hydrogen) atoms. The van der Waals surface area contributed by atoms with Gasteiger partial charge in [-0.25, -0.2) is 9.59 Å². The predicted molar refractivity (Wildman–Crippen MR) is 143 cm³/mol. The average molecular weight is 561 g/mol. The van der Waals surface area contributed by atoms with E-state index in [1.54, 1.807) is 26.0 Å². The van der Waals surface area contributed by atoms with Gasteiger partial charge in [0.15, 0.2) is 0 Å². The standard InChI is InChI=1S/2C13H13NO3.H2O4S/c2*1-7-11(15)3-2-9-8-4-5-14-6-10(8)13(16)17-12(7)9;1-5(2,3)4/h2*2-3,14-15H,4-6H2,1H3;(H2,1,2,3,4). The van der Waals surface area contributed by atoms with Crippen molar-refractivity contribution >= 4 is 32.3 Å². The maximum atomic E-state index is 11.9. The summed E-state index contributed by atoms with van der Waals surface area (Å²) in [6, 6.07) is 6.95. The molecule has 0 saturated carbocycles. The molecule has 0 aliphatic carbocycles. The van der Waals surface area contributed by atoms with Crippen LogP contribution in [-0.4, -0.2) is 40.8 Å². The minimum atomic E-state index is -4.67. The van der Waals surface area contributed by atoms with Crippen LogP contribution >= 0.6 is 0 Å². The van der Waals surface area contributed by atoms with Gasteiger partial charge in [0.1, 0.15) is 22.7 Å². The lowest BCUT2D eigenvalue weighted by Gasteiger charge is -2.17. The molecule has 0 saturated heterocycles. The van der Waals surface area contributed by atoms with Crippen LogP contribution in [0.4, 0.5) is 0 Å². The van der Waals surface area contributed by atoms with E-state index in [4.69, 9.17) is 26.4 Å². The molecule has 0 atom stereocenters. The number of phenolic OH excluding ortho intramolecular Hbond substituents is 2. The van der Waals surface area contributed by atoms with Gasteiger partial charge >= 0.3 is 21.7 Å². The smallest absolute Gasteiger partial charge is 0.394 e. The second-order valence-electron chi connectivity index (χ2n) is 9.17. The summed E-state index contributed by atoms with van der Waals surface area (Å²) in [7, 11) is -4.67. The molecule has 0 radical (unpaired) electrons. The van der Waals surface area contributed by atoms with Crippen molar-refractivity contribution in [2.24, 2.45) is 0 Å². The number of fused-ring (bicyclic) bond motifs is 6. The third-order valence-electron chi connectivity index (χ3n) is 6.72. The largest absolute Gasteiger partial charge is 0.508 e.